The van der Waals surface area contributed by atoms with Crippen LogP contribution >= 0.6 is 0 Å². The number of carbonyl (C=O) groups excluding carboxylic acids is 1. The number of nitrogens with one attached hydrogen (secondary N) is 1. The number of nitrogens with zero attached hydrogens (tertiary/aromatic N) is 4. The monoisotopic (exact) mass is 331 g/mol. The molecule has 2 aromatic heterocycles. The Morgan fingerprint density at radius 3 is 2.75 bits per heavy atom. The van der Waals surface area contributed by atoms with Crippen LogP contribution in [0, 0.1) is 20.8 Å². The molecule has 2 aromatic rings. The van der Waals surface area contributed by atoms with Gasteiger partial charge in [-0.3, -0.25) is 19.7 Å². The zero-order valence-electron chi connectivity index (χ0n) is 15.0. The fourth-order valence-corrected chi connectivity index (χ4v) is 3.63. The van der Waals surface area contributed by atoms with Crippen LogP contribution in [0.25, 0.3) is 0 Å². The molecular formula is C17H25N5O2. The van der Waals surface area contributed by atoms with E-state index >= 15 is 0 Å². The van der Waals surface area contributed by atoms with Gasteiger partial charge in [0.05, 0.1) is 17.4 Å². The summed E-state index contributed by atoms with van der Waals surface area (Å²) in [6, 6.07) is 1.71. The smallest absolute Gasteiger partial charge is 0.243 e. The Kier molecular flexibility index (Phi) is 4.45. The molecule has 24 heavy (non-hydrogen) atoms. The van der Waals surface area contributed by atoms with E-state index in [0.717, 1.165) is 30.8 Å². The first-order valence-electron chi connectivity index (χ1n) is 8.38. The Bertz CT molecular complexity index is 748. The average molecular weight is 331 g/mol. The summed E-state index contributed by atoms with van der Waals surface area (Å²) in [5.41, 5.74) is 4.22. The standard InChI is InChI=1S/C17H25N5O2/c1-10-9-15(24-20-10)18-17(23)13(4)22-8-6-7-14(22)16-11(2)19-21(5)12(16)3/h9,13-14H,6-8H2,1-5H3,(H,18,23)/t13-,14-/m1/s1. The quantitative estimate of drug-likeness (QED) is 0.931. The maximum absolute atomic E-state index is 12.6. The SMILES string of the molecule is Cc1cc(NC(=O)[C@@H](C)N2CCC[C@@H]2c2c(C)nn(C)c2C)on1. The van der Waals surface area contributed by atoms with Crippen LogP contribution in [0.5, 0.6) is 0 Å². The lowest BCUT2D eigenvalue weighted by Gasteiger charge is -2.30. The second kappa shape index (κ2) is 6.39. The number of likely N-dealkylation sites (tertiary alicyclic amines) is 1. The Morgan fingerprint density at radius 1 is 1.42 bits per heavy atom. The fourth-order valence-electron chi connectivity index (χ4n) is 3.63. The molecule has 7 heteroatoms. The van der Waals surface area contributed by atoms with Crippen LogP contribution in [0.4, 0.5) is 5.88 Å². The second-order valence-electron chi connectivity index (χ2n) is 6.60. The van der Waals surface area contributed by atoms with Gasteiger partial charge in [0, 0.05) is 30.4 Å². The van der Waals surface area contributed by atoms with Crippen LogP contribution in [0.2, 0.25) is 0 Å². The highest BCUT2D eigenvalue weighted by molar-refractivity contribution is 5.93. The van der Waals surface area contributed by atoms with E-state index < -0.39 is 0 Å². The van der Waals surface area contributed by atoms with Gasteiger partial charge >= 0.3 is 0 Å². The van der Waals surface area contributed by atoms with Crippen LogP contribution < -0.4 is 5.32 Å². The van der Waals surface area contributed by atoms with Gasteiger partial charge in [-0.2, -0.15) is 5.10 Å². The van der Waals surface area contributed by atoms with Crippen molar-refractivity contribution in [3.63, 3.8) is 0 Å². The van der Waals surface area contributed by atoms with E-state index in [1.165, 1.54) is 11.3 Å². The Labute approximate surface area is 142 Å². The van der Waals surface area contributed by atoms with Crippen molar-refractivity contribution < 1.29 is 9.32 Å². The first kappa shape index (κ1) is 16.7. The largest absolute Gasteiger partial charge is 0.338 e. The normalized spacial score (nSPS) is 19.6. The molecule has 1 saturated heterocycles. The van der Waals surface area contributed by atoms with Crippen LogP contribution in [-0.2, 0) is 11.8 Å². The number of amides is 1. The van der Waals surface area contributed by atoms with E-state index in [0.29, 0.717) is 5.88 Å². The molecule has 3 rings (SSSR count). The molecule has 0 aliphatic carbocycles. The van der Waals surface area contributed by atoms with Crippen molar-refractivity contribution in [3.8, 4) is 0 Å². The Hall–Kier alpha value is -2.15. The summed E-state index contributed by atoms with van der Waals surface area (Å²) in [5, 5.41) is 11.1. The van der Waals surface area contributed by atoms with Gasteiger partial charge < -0.3 is 4.52 Å². The zero-order chi connectivity index (χ0) is 17.4. The van der Waals surface area contributed by atoms with Gasteiger partial charge in [-0.1, -0.05) is 5.16 Å². The van der Waals surface area contributed by atoms with E-state index in [1.807, 2.05) is 32.5 Å². The molecule has 0 spiro atoms. The fraction of sp³-hybridized carbons (Fsp3) is 0.588. The van der Waals surface area contributed by atoms with Crippen molar-refractivity contribution in [2.45, 2.75) is 52.6 Å². The Balaban J connectivity index is 1.78. The summed E-state index contributed by atoms with van der Waals surface area (Å²) in [6.07, 6.45) is 2.13. The minimum absolute atomic E-state index is 0.0720. The topological polar surface area (TPSA) is 76.2 Å². The maximum atomic E-state index is 12.6. The summed E-state index contributed by atoms with van der Waals surface area (Å²) in [7, 11) is 1.97. The number of aromatic nitrogens is 3. The minimum atomic E-state index is -0.248. The van der Waals surface area contributed by atoms with Crippen molar-refractivity contribution in [1.29, 1.82) is 0 Å². The van der Waals surface area contributed by atoms with E-state index in [-0.39, 0.29) is 18.0 Å². The molecular weight excluding hydrogens is 306 g/mol. The van der Waals surface area contributed by atoms with Gasteiger partial charge in [-0.25, -0.2) is 0 Å². The molecule has 0 radical (unpaired) electrons. The zero-order valence-corrected chi connectivity index (χ0v) is 15.0. The molecule has 3 heterocycles. The van der Waals surface area contributed by atoms with Crippen LogP contribution in [0.1, 0.15) is 48.5 Å². The first-order valence-corrected chi connectivity index (χ1v) is 8.38. The third kappa shape index (κ3) is 2.96. The van der Waals surface area contributed by atoms with E-state index in [2.05, 4.69) is 27.4 Å². The van der Waals surface area contributed by atoms with Crippen LogP contribution in [0.15, 0.2) is 10.6 Å². The summed E-state index contributed by atoms with van der Waals surface area (Å²) in [4.78, 5) is 14.9. The lowest BCUT2D eigenvalue weighted by Crippen LogP contribution is -2.41. The van der Waals surface area contributed by atoms with Crippen molar-refractivity contribution in [3.05, 3.63) is 28.7 Å². The molecule has 0 aromatic carbocycles. The predicted octanol–water partition coefficient (Wildman–Crippen LogP) is 2.50. The van der Waals surface area contributed by atoms with Gasteiger partial charge in [0.15, 0.2) is 0 Å². The Morgan fingerprint density at radius 2 is 2.17 bits per heavy atom. The van der Waals surface area contributed by atoms with E-state index in [4.69, 9.17) is 4.52 Å². The summed E-state index contributed by atoms with van der Waals surface area (Å²) >= 11 is 0. The minimum Gasteiger partial charge on any atom is -0.338 e. The average Bonchev–Trinajstić information content (AvgIpc) is 3.20. The molecule has 0 bridgehead atoms. The van der Waals surface area contributed by atoms with Gasteiger partial charge in [0.1, 0.15) is 0 Å². The van der Waals surface area contributed by atoms with Gasteiger partial charge in [0.2, 0.25) is 11.8 Å². The number of aryl methyl sites for hydroxylation is 3. The van der Waals surface area contributed by atoms with Crippen LogP contribution in [0.3, 0.4) is 0 Å². The highest BCUT2D eigenvalue weighted by atomic mass is 16.5. The number of hydrogen-bond acceptors (Lipinski definition) is 5. The molecule has 0 saturated carbocycles. The van der Waals surface area contributed by atoms with Crippen molar-refractivity contribution >= 4 is 11.8 Å². The lowest BCUT2D eigenvalue weighted by molar-refractivity contribution is -0.121. The first-order chi connectivity index (χ1) is 11.4. The van der Waals surface area contributed by atoms with E-state index in [9.17, 15) is 4.79 Å². The molecule has 1 amide bonds. The number of anilines is 1. The summed E-state index contributed by atoms with van der Waals surface area (Å²) < 4.78 is 7.01. The van der Waals surface area contributed by atoms with Crippen LogP contribution in [-0.4, -0.2) is 38.3 Å². The van der Waals surface area contributed by atoms with Crippen molar-refractivity contribution in [2.24, 2.45) is 7.05 Å². The molecule has 1 aliphatic heterocycles. The van der Waals surface area contributed by atoms with Crippen molar-refractivity contribution in [1.82, 2.24) is 19.8 Å². The van der Waals surface area contributed by atoms with E-state index in [1.54, 1.807) is 6.07 Å². The summed E-state index contributed by atoms with van der Waals surface area (Å²) in [6.45, 7) is 8.81. The summed E-state index contributed by atoms with van der Waals surface area (Å²) in [5.74, 6) is 0.325. The second-order valence-corrected chi connectivity index (χ2v) is 6.60. The maximum Gasteiger partial charge on any atom is 0.243 e. The highest BCUT2D eigenvalue weighted by Crippen LogP contribution is 2.36. The predicted molar refractivity (Wildman–Crippen MR) is 90.7 cm³/mol. The van der Waals surface area contributed by atoms with Gasteiger partial charge in [0.25, 0.3) is 0 Å². The molecule has 1 fully saturated rings. The number of hydrogen-bond donors (Lipinski definition) is 1. The van der Waals surface area contributed by atoms with Crippen molar-refractivity contribution in [2.75, 3.05) is 11.9 Å². The molecule has 2 atom stereocenters. The highest BCUT2D eigenvalue weighted by Gasteiger charge is 2.35. The molecule has 130 valence electrons. The lowest BCUT2D eigenvalue weighted by atomic mass is 10.0. The number of carbonyl (C=O) groups is 1. The van der Waals surface area contributed by atoms with Gasteiger partial charge in [-0.05, 0) is 47.1 Å². The molecule has 0 unspecified atom stereocenters. The third-order valence-electron chi connectivity index (χ3n) is 4.94. The molecule has 7 nitrogen and oxygen atoms in total. The molecule has 1 N–H and O–H groups in total. The molecule has 1 aliphatic rings. The van der Waals surface area contributed by atoms with Gasteiger partial charge in [-0.15, -0.1) is 0 Å². The third-order valence-corrected chi connectivity index (χ3v) is 4.94. The number of rotatable bonds is 4.